The second-order valence-electron chi connectivity index (χ2n) is 6.20. The fourth-order valence-electron chi connectivity index (χ4n) is 2.15. The average molecular weight is 311 g/mol. The van der Waals surface area contributed by atoms with Gasteiger partial charge < -0.3 is 4.74 Å². The predicted octanol–water partition coefficient (Wildman–Crippen LogP) is 3.82. The highest BCUT2D eigenvalue weighted by Crippen LogP contribution is 2.21. The van der Waals surface area contributed by atoms with E-state index in [1.807, 2.05) is 13.8 Å². The van der Waals surface area contributed by atoms with E-state index in [4.69, 9.17) is 16.3 Å². The molecule has 1 heterocycles. The highest BCUT2D eigenvalue weighted by molar-refractivity contribution is 6.31. The minimum atomic E-state index is -0.649. The highest BCUT2D eigenvalue weighted by atomic mass is 35.5. The van der Waals surface area contributed by atoms with Crippen molar-refractivity contribution in [1.29, 1.82) is 0 Å². The summed E-state index contributed by atoms with van der Waals surface area (Å²) in [7, 11) is 0. The molecule has 1 aromatic heterocycles. The van der Waals surface area contributed by atoms with Gasteiger partial charge in [-0.05, 0) is 52.8 Å². The summed E-state index contributed by atoms with van der Waals surface area (Å²) in [6.45, 7) is 9.01. The van der Waals surface area contributed by atoms with E-state index in [0.29, 0.717) is 15.9 Å². The van der Waals surface area contributed by atoms with Gasteiger partial charge in [-0.15, -0.1) is 0 Å². The number of carbonyl (C=O) groups is 1. The molecule has 0 bridgehead atoms. The minimum Gasteiger partial charge on any atom is -0.442 e. The molecule has 21 heavy (non-hydrogen) atoms. The van der Waals surface area contributed by atoms with Gasteiger partial charge >= 0.3 is 6.09 Å². The standard InChI is InChI=1S/C15H19ClN2O3/c1-9(2)17-13(19)11-7-6-10(16)8-12(11)18(17)14(20)21-15(3,4)5/h6-9H,1-5H3. The molecule has 0 fully saturated rings. The van der Waals surface area contributed by atoms with Crippen molar-refractivity contribution in [2.45, 2.75) is 46.3 Å². The first kappa shape index (κ1) is 15.6. The summed E-state index contributed by atoms with van der Waals surface area (Å²) in [5.41, 5.74) is -0.428. The lowest BCUT2D eigenvalue weighted by atomic mass is 10.2. The average Bonchev–Trinajstić information content (AvgIpc) is 2.60. The molecule has 5 nitrogen and oxygen atoms in total. The maximum Gasteiger partial charge on any atom is 0.434 e. The van der Waals surface area contributed by atoms with Crippen LogP contribution in [0, 0.1) is 0 Å². The summed E-state index contributed by atoms with van der Waals surface area (Å²) in [4.78, 5) is 24.9. The van der Waals surface area contributed by atoms with Gasteiger partial charge in [0.2, 0.25) is 0 Å². The Bertz CT molecular complexity index is 751. The molecule has 0 saturated heterocycles. The minimum absolute atomic E-state index is 0.184. The first-order chi connectivity index (χ1) is 9.61. The Kier molecular flexibility index (Phi) is 3.89. The third-order valence-electron chi connectivity index (χ3n) is 2.90. The van der Waals surface area contributed by atoms with Crippen LogP contribution in [-0.2, 0) is 4.74 Å². The number of halogens is 1. The Balaban J connectivity index is 2.76. The van der Waals surface area contributed by atoms with Crippen LogP contribution < -0.4 is 5.56 Å². The Morgan fingerprint density at radius 2 is 1.90 bits per heavy atom. The summed E-state index contributed by atoms with van der Waals surface area (Å²) in [6, 6.07) is 4.67. The van der Waals surface area contributed by atoms with Crippen LogP contribution in [0.2, 0.25) is 5.02 Å². The molecule has 114 valence electrons. The van der Waals surface area contributed by atoms with Gasteiger partial charge in [0.05, 0.1) is 10.9 Å². The van der Waals surface area contributed by atoms with Crippen molar-refractivity contribution in [2.75, 3.05) is 0 Å². The normalized spacial score (nSPS) is 12.1. The van der Waals surface area contributed by atoms with Crippen molar-refractivity contribution >= 4 is 28.6 Å². The van der Waals surface area contributed by atoms with Gasteiger partial charge in [0.25, 0.3) is 5.56 Å². The van der Waals surface area contributed by atoms with Gasteiger partial charge in [0.1, 0.15) is 5.60 Å². The largest absolute Gasteiger partial charge is 0.442 e. The molecule has 0 amide bonds. The Hall–Kier alpha value is -1.75. The molecule has 0 aliphatic heterocycles. The molecule has 0 aliphatic rings. The molecule has 0 atom stereocenters. The summed E-state index contributed by atoms with van der Waals surface area (Å²) < 4.78 is 8.04. The number of hydrogen-bond donors (Lipinski definition) is 0. The lowest BCUT2D eigenvalue weighted by Gasteiger charge is -2.22. The third-order valence-corrected chi connectivity index (χ3v) is 3.13. The van der Waals surface area contributed by atoms with Crippen LogP contribution in [-0.4, -0.2) is 21.1 Å². The molecule has 2 rings (SSSR count). The van der Waals surface area contributed by atoms with Gasteiger partial charge in [-0.25, -0.2) is 9.48 Å². The SMILES string of the molecule is CC(C)n1c(=O)c2ccc(Cl)cc2n1C(=O)OC(C)(C)C. The maximum absolute atomic E-state index is 12.5. The monoisotopic (exact) mass is 310 g/mol. The van der Waals surface area contributed by atoms with Crippen LogP contribution in [0.4, 0.5) is 4.79 Å². The molecule has 1 aromatic carbocycles. The Labute approximate surface area is 128 Å². The summed E-state index contributed by atoms with van der Waals surface area (Å²) in [5, 5.41) is 0.902. The lowest BCUT2D eigenvalue weighted by Crippen LogP contribution is -2.34. The summed E-state index contributed by atoms with van der Waals surface area (Å²) >= 11 is 5.99. The second kappa shape index (κ2) is 5.22. The molecule has 0 aliphatic carbocycles. The van der Waals surface area contributed by atoms with Crippen molar-refractivity contribution in [3.8, 4) is 0 Å². The molecule has 6 heteroatoms. The van der Waals surface area contributed by atoms with E-state index < -0.39 is 11.7 Å². The molecular weight excluding hydrogens is 292 g/mol. The number of fused-ring (bicyclic) bond motifs is 1. The van der Waals surface area contributed by atoms with Gasteiger partial charge in [0.15, 0.2) is 0 Å². The van der Waals surface area contributed by atoms with Gasteiger partial charge in [-0.3, -0.25) is 4.79 Å². The Morgan fingerprint density at radius 1 is 1.29 bits per heavy atom. The van der Waals surface area contributed by atoms with Crippen LogP contribution in [0.1, 0.15) is 40.7 Å². The van der Waals surface area contributed by atoms with E-state index in [2.05, 4.69) is 0 Å². The van der Waals surface area contributed by atoms with Crippen LogP contribution in [0.15, 0.2) is 23.0 Å². The molecule has 2 aromatic rings. The summed E-state index contributed by atoms with van der Waals surface area (Å²) in [6.07, 6.45) is -0.592. The third kappa shape index (κ3) is 2.97. The van der Waals surface area contributed by atoms with Gasteiger partial charge in [-0.1, -0.05) is 11.6 Å². The van der Waals surface area contributed by atoms with E-state index in [9.17, 15) is 9.59 Å². The zero-order chi connectivity index (χ0) is 15.9. The molecule has 0 radical (unpaired) electrons. The van der Waals surface area contributed by atoms with Gasteiger partial charge in [-0.2, -0.15) is 4.68 Å². The molecule has 0 saturated carbocycles. The number of carbonyl (C=O) groups excluding carboxylic acids is 1. The molecule has 0 unspecified atom stereocenters. The summed E-state index contributed by atoms with van der Waals surface area (Å²) in [5.74, 6) is 0. The number of hydrogen-bond acceptors (Lipinski definition) is 3. The maximum atomic E-state index is 12.5. The van der Waals surface area contributed by atoms with Crippen LogP contribution in [0.3, 0.4) is 0 Å². The fraction of sp³-hybridized carbons (Fsp3) is 0.467. The van der Waals surface area contributed by atoms with E-state index in [1.165, 1.54) is 9.36 Å². The first-order valence-corrected chi connectivity index (χ1v) is 7.16. The number of nitrogens with zero attached hydrogens (tertiary/aromatic N) is 2. The second-order valence-corrected chi connectivity index (χ2v) is 6.63. The van der Waals surface area contributed by atoms with Crippen molar-refractivity contribution in [3.05, 3.63) is 33.6 Å². The van der Waals surface area contributed by atoms with Crippen LogP contribution in [0.5, 0.6) is 0 Å². The van der Waals surface area contributed by atoms with Crippen molar-refractivity contribution in [2.24, 2.45) is 0 Å². The number of benzene rings is 1. The smallest absolute Gasteiger partial charge is 0.434 e. The number of rotatable bonds is 1. The van der Waals surface area contributed by atoms with E-state index in [-0.39, 0.29) is 11.6 Å². The van der Waals surface area contributed by atoms with Crippen LogP contribution in [0.25, 0.3) is 10.9 Å². The molecular formula is C15H19ClN2O3. The van der Waals surface area contributed by atoms with Crippen LogP contribution >= 0.6 is 11.6 Å². The highest BCUT2D eigenvalue weighted by Gasteiger charge is 2.25. The number of ether oxygens (including phenoxy) is 1. The molecule has 0 N–H and O–H groups in total. The van der Waals surface area contributed by atoms with E-state index >= 15 is 0 Å². The fourth-order valence-corrected chi connectivity index (χ4v) is 2.31. The lowest BCUT2D eigenvalue weighted by molar-refractivity contribution is 0.0491. The van der Waals surface area contributed by atoms with Crippen molar-refractivity contribution in [3.63, 3.8) is 0 Å². The van der Waals surface area contributed by atoms with Gasteiger partial charge in [0, 0.05) is 11.1 Å². The Morgan fingerprint density at radius 3 is 2.43 bits per heavy atom. The van der Waals surface area contributed by atoms with E-state index in [1.54, 1.807) is 39.0 Å². The zero-order valence-electron chi connectivity index (χ0n) is 12.8. The zero-order valence-corrected chi connectivity index (χ0v) is 13.6. The topological polar surface area (TPSA) is 53.2 Å². The number of aromatic nitrogens is 2. The van der Waals surface area contributed by atoms with Crippen molar-refractivity contribution in [1.82, 2.24) is 9.36 Å². The first-order valence-electron chi connectivity index (χ1n) is 6.78. The van der Waals surface area contributed by atoms with Crippen molar-refractivity contribution < 1.29 is 9.53 Å². The quantitative estimate of drug-likeness (QED) is 0.804. The predicted molar refractivity (Wildman–Crippen MR) is 83.2 cm³/mol. The van der Waals surface area contributed by atoms with E-state index in [0.717, 1.165) is 0 Å². The molecule has 0 spiro atoms.